The Balaban J connectivity index is 1.64. The van der Waals surface area contributed by atoms with E-state index in [1.807, 2.05) is 48.5 Å². The number of carbonyl (C=O) groups excluding carboxylic acids is 2. The Hall–Kier alpha value is -2.37. The fourth-order valence-corrected chi connectivity index (χ4v) is 4.39. The van der Waals surface area contributed by atoms with E-state index in [0.717, 1.165) is 34.8 Å². The highest BCUT2D eigenvalue weighted by Gasteiger charge is 2.54. The second-order valence-electron chi connectivity index (χ2n) is 7.01. The summed E-state index contributed by atoms with van der Waals surface area (Å²) in [6.45, 7) is 2.04. The molecule has 2 aromatic carbocycles. The van der Waals surface area contributed by atoms with Crippen molar-refractivity contribution in [3.05, 3.63) is 64.7 Å². The molecule has 2 N–H and O–H groups in total. The second kappa shape index (κ2) is 6.41. The smallest absolute Gasteiger partial charge is 0.239 e. The minimum absolute atomic E-state index is 0.0286. The van der Waals surface area contributed by atoms with E-state index < -0.39 is 11.3 Å². The summed E-state index contributed by atoms with van der Waals surface area (Å²) in [7, 11) is 0. The van der Waals surface area contributed by atoms with Gasteiger partial charge in [-0.05, 0) is 36.2 Å². The molecule has 0 radical (unpaired) electrons. The van der Waals surface area contributed by atoms with Crippen molar-refractivity contribution in [2.45, 2.75) is 18.4 Å². The lowest BCUT2D eigenvalue weighted by Gasteiger charge is -2.24. The number of rotatable bonds is 4. The van der Waals surface area contributed by atoms with Crippen LogP contribution in [0.15, 0.2) is 48.5 Å². The van der Waals surface area contributed by atoms with Crippen LogP contribution in [-0.2, 0) is 21.5 Å². The van der Waals surface area contributed by atoms with Crippen LogP contribution in [0, 0.1) is 0 Å². The zero-order valence-electron chi connectivity index (χ0n) is 14.3. The monoisotopic (exact) mass is 369 g/mol. The number of halogens is 1. The van der Waals surface area contributed by atoms with E-state index >= 15 is 0 Å². The van der Waals surface area contributed by atoms with Gasteiger partial charge in [0.1, 0.15) is 6.54 Å². The quantitative estimate of drug-likeness (QED) is 0.899. The molecule has 2 aliphatic rings. The molecule has 2 aromatic rings. The lowest BCUT2D eigenvalue weighted by molar-refractivity contribution is -0.125. The van der Waals surface area contributed by atoms with Crippen molar-refractivity contribution in [2.75, 3.05) is 24.5 Å². The number of amides is 2. The second-order valence-corrected chi connectivity index (χ2v) is 7.42. The van der Waals surface area contributed by atoms with Crippen LogP contribution >= 0.6 is 11.6 Å². The van der Waals surface area contributed by atoms with E-state index in [9.17, 15) is 9.59 Å². The summed E-state index contributed by atoms with van der Waals surface area (Å²) < 4.78 is 0. The maximum absolute atomic E-state index is 13.3. The Bertz CT molecular complexity index is 885. The number of hydrogen-bond acceptors (Lipinski definition) is 3. The van der Waals surface area contributed by atoms with Gasteiger partial charge in [0, 0.05) is 23.8 Å². The number of primary amides is 1. The summed E-state index contributed by atoms with van der Waals surface area (Å²) in [6, 6.07) is 15.5. The van der Waals surface area contributed by atoms with Crippen molar-refractivity contribution in [1.29, 1.82) is 0 Å². The maximum atomic E-state index is 13.3. The first-order valence-corrected chi connectivity index (χ1v) is 9.04. The summed E-state index contributed by atoms with van der Waals surface area (Å²) in [4.78, 5) is 28.5. The van der Waals surface area contributed by atoms with Crippen molar-refractivity contribution in [3.63, 3.8) is 0 Å². The van der Waals surface area contributed by atoms with Crippen LogP contribution in [0.3, 0.4) is 0 Å². The number of fused-ring (bicyclic) bond motifs is 2. The van der Waals surface area contributed by atoms with E-state index in [1.54, 1.807) is 0 Å². The number of hydrogen-bond donors (Lipinski definition) is 1. The van der Waals surface area contributed by atoms with Gasteiger partial charge in [-0.2, -0.15) is 0 Å². The third-order valence-electron chi connectivity index (χ3n) is 5.38. The summed E-state index contributed by atoms with van der Waals surface area (Å²) in [5.74, 6) is -0.532. The fraction of sp³-hybridized carbons (Fsp3) is 0.300. The lowest BCUT2D eigenvalue weighted by Crippen LogP contribution is -2.45. The first-order valence-electron chi connectivity index (χ1n) is 8.67. The van der Waals surface area contributed by atoms with Gasteiger partial charge in [-0.15, -0.1) is 0 Å². The van der Waals surface area contributed by atoms with E-state index in [1.165, 1.54) is 4.90 Å². The van der Waals surface area contributed by atoms with Crippen LogP contribution in [0.5, 0.6) is 0 Å². The molecule has 6 heteroatoms. The first-order chi connectivity index (χ1) is 12.5. The zero-order chi connectivity index (χ0) is 18.3. The predicted octanol–water partition coefficient (Wildman–Crippen LogP) is 2.32. The molecule has 1 fully saturated rings. The zero-order valence-corrected chi connectivity index (χ0v) is 15.1. The van der Waals surface area contributed by atoms with Crippen LogP contribution in [0.4, 0.5) is 5.69 Å². The number of para-hydroxylation sites is 1. The maximum Gasteiger partial charge on any atom is 0.239 e. The number of benzene rings is 2. The van der Waals surface area contributed by atoms with E-state index in [4.69, 9.17) is 17.3 Å². The van der Waals surface area contributed by atoms with Crippen LogP contribution in [0.25, 0.3) is 0 Å². The third kappa shape index (κ3) is 2.68. The standard InChI is InChI=1S/C20H20ClN3O2/c21-16-7-3-1-5-14(16)11-23-10-9-20(13-23)15-6-2-4-8-17(15)24(19(20)26)12-18(22)25/h1-8H,9-13H2,(H2,22,25). The molecule has 2 aliphatic heterocycles. The minimum atomic E-state index is -0.604. The molecule has 26 heavy (non-hydrogen) atoms. The average Bonchev–Trinajstić information content (AvgIpc) is 3.14. The number of nitrogens with zero attached hydrogens (tertiary/aromatic N) is 2. The third-order valence-corrected chi connectivity index (χ3v) is 5.75. The van der Waals surface area contributed by atoms with Gasteiger partial charge in [-0.1, -0.05) is 48.0 Å². The van der Waals surface area contributed by atoms with Gasteiger partial charge in [-0.25, -0.2) is 0 Å². The molecular formula is C20H20ClN3O2. The van der Waals surface area contributed by atoms with Crippen LogP contribution in [0.2, 0.25) is 5.02 Å². The predicted molar refractivity (Wildman–Crippen MR) is 101 cm³/mol. The highest BCUT2D eigenvalue weighted by Crippen LogP contribution is 2.47. The van der Waals surface area contributed by atoms with Gasteiger partial charge in [-0.3, -0.25) is 14.5 Å². The Labute approximate surface area is 157 Å². The minimum Gasteiger partial charge on any atom is -0.368 e. The largest absolute Gasteiger partial charge is 0.368 e. The Kier molecular flexibility index (Phi) is 4.21. The molecule has 4 rings (SSSR count). The van der Waals surface area contributed by atoms with E-state index in [-0.39, 0.29) is 12.5 Å². The van der Waals surface area contributed by atoms with Crippen LogP contribution < -0.4 is 10.6 Å². The summed E-state index contributed by atoms with van der Waals surface area (Å²) >= 11 is 6.29. The van der Waals surface area contributed by atoms with Gasteiger partial charge < -0.3 is 10.6 Å². The van der Waals surface area contributed by atoms with Crippen molar-refractivity contribution >= 4 is 29.1 Å². The topological polar surface area (TPSA) is 66.6 Å². The normalized spacial score (nSPS) is 22.2. The Morgan fingerprint density at radius 2 is 1.88 bits per heavy atom. The van der Waals surface area contributed by atoms with Crippen LogP contribution in [0.1, 0.15) is 17.5 Å². The van der Waals surface area contributed by atoms with Crippen molar-refractivity contribution in [2.24, 2.45) is 5.73 Å². The summed E-state index contributed by atoms with van der Waals surface area (Å²) in [6.07, 6.45) is 0.725. The highest BCUT2D eigenvalue weighted by atomic mass is 35.5. The summed E-state index contributed by atoms with van der Waals surface area (Å²) in [5, 5.41) is 0.738. The molecule has 2 heterocycles. The van der Waals surface area contributed by atoms with Gasteiger partial charge in [0.05, 0.1) is 5.41 Å². The van der Waals surface area contributed by atoms with Crippen molar-refractivity contribution in [1.82, 2.24) is 4.90 Å². The Morgan fingerprint density at radius 3 is 2.65 bits per heavy atom. The fourth-order valence-electron chi connectivity index (χ4n) is 4.20. The average molecular weight is 370 g/mol. The lowest BCUT2D eigenvalue weighted by atomic mass is 9.81. The van der Waals surface area contributed by atoms with Gasteiger partial charge >= 0.3 is 0 Å². The van der Waals surface area contributed by atoms with Crippen molar-refractivity contribution < 1.29 is 9.59 Å². The molecule has 1 spiro atoms. The Morgan fingerprint density at radius 1 is 1.15 bits per heavy atom. The van der Waals surface area contributed by atoms with Gasteiger partial charge in [0.15, 0.2) is 0 Å². The molecule has 0 saturated carbocycles. The number of carbonyl (C=O) groups is 2. The molecular weight excluding hydrogens is 350 g/mol. The van der Waals surface area contributed by atoms with Crippen LogP contribution in [-0.4, -0.2) is 36.3 Å². The van der Waals surface area contributed by atoms with Crippen molar-refractivity contribution in [3.8, 4) is 0 Å². The first kappa shape index (κ1) is 17.1. The molecule has 1 atom stereocenters. The number of anilines is 1. The highest BCUT2D eigenvalue weighted by molar-refractivity contribution is 6.31. The molecule has 5 nitrogen and oxygen atoms in total. The number of nitrogens with two attached hydrogens (primary N) is 1. The molecule has 1 saturated heterocycles. The van der Waals surface area contributed by atoms with Gasteiger partial charge in [0.2, 0.25) is 11.8 Å². The van der Waals surface area contributed by atoms with E-state index in [0.29, 0.717) is 13.1 Å². The molecule has 2 amide bonds. The molecule has 0 bridgehead atoms. The molecule has 1 unspecified atom stereocenters. The van der Waals surface area contributed by atoms with E-state index in [2.05, 4.69) is 4.90 Å². The SMILES string of the molecule is NC(=O)CN1C(=O)C2(CCN(Cc3ccccc3Cl)C2)c2ccccc21. The molecule has 0 aliphatic carbocycles. The number of likely N-dealkylation sites (tertiary alicyclic amines) is 1. The molecule has 0 aromatic heterocycles. The summed E-state index contributed by atoms with van der Waals surface area (Å²) in [5.41, 5.74) is 7.61. The molecule has 134 valence electrons. The van der Waals surface area contributed by atoms with Gasteiger partial charge in [0.25, 0.3) is 0 Å².